The summed E-state index contributed by atoms with van der Waals surface area (Å²) in [5, 5.41) is 0.799. The summed E-state index contributed by atoms with van der Waals surface area (Å²) in [7, 11) is 0. The van der Waals surface area contributed by atoms with Crippen molar-refractivity contribution in [2.75, 3.05) is 0 Å². The zero-order chi connectivity index (χ0) is 12.5. The molecule has 1 aromatic carbocycles. The van der Waals surface area contributed by atoms with Gasteiger partial charge in [0, 0.05) is 16.5 Å². The highest BCUT2D eigenvalue weighted by Gasteiger charge is 2.33. The molecule has 0 bridgehead atoms. The van der Waals surface area contributed by atoms with E-state index in [1.807, 2.05) is 18.2 Å². The molecule has 2 fully saturated rings. The molecule has 2 heteroatoms. The van der Waals surface area contributed by atoms with E-state index in [1.165, 1.54) is 32.1 Å². The van der Waals surface area contributed by atoms with Crippen LogP contribution in [0.3, 0.4) is 0 Å². The van der Waals surface area contributed by atoms with Gasteiger partial charge in [-0.05, 0) is 43.2 Å². The van der Waals surface area contributed by atoms with Gasteiger partial charge in [-0.1, -0.05) is 43.0 Å². The average Bonchev–Trinajstić information content (AvgIpc) is 3.23. The van der Waals surface area contributed by atoms with Crippen LogP contribution in [0.25, 0.3) is 0 Å². The van der Waals surface area contributed by atoms with Crippen molar-refractivity contribution in [3.63, 3.8) is 0 Å². The smallest absolute Gasteiger partial charge is 0.166 e. The third kappa shape index (κ3) is 2.33. The zero-order valence-corrected chi connectivity index (χ0v) is 11.4. The highest BCUT2D eigenvalue weighted by atomic mass is 35.5. The van der Waals surface area contributed by atoms with E-state index in [4.69, 9.17) is 11.6 Å². The summed E-state index contributed by atoms with van der Waals surface area (Å²) in [4.78, 5) is 12.4. The molecule has 2 aliphatic carbocycles. The summed E-state index contributed by atoms with van der Waals surface area (Å²) in [6, 6.07) is 5.84. The van der Waals surface area contributed by atoms with Crippen molar-refractivity contribution in [2.24, 2.45) is 5.92 Å². The average molecular weight is 263 g/mol. The van der Waals surface area contributed by atoms with Gasteiger partial charge >= 0.3 is 0 Å². The fraction of sp³-hybridized carbons (Fsp3) is 0.562. The van der Waals surface area contributed by atoms with Crippen LogP contribution < -0.4 is 0 Å². The van der Waals surface area contributed by atoms with Gasteiger partial charge in [-0.15, -0.1) is 0 Å². The standard InChI is InChI=1S/C16H19ClO/c17-14-8-4-7-13(16(18)12-9-10-12)15(14)11-5-2-1-3-6-11/h4,7-8,11-12H,1-3,5-6,9-10H2. The number of ketones is 1. The van der Waals surface area contributed by atoms with Crippen molar-refractivity contribution in [3.05, 3.63) is 34.3 Å². The van der Waals surface area contributed by atoms with Crippen LogP contribution in [0.4, 0.5) is 0 Å². The lowest BCUT2D eigenvalue weighted by atomic mass is 9.81. The maximum atomic E-state index is 12.4. The number of rotatable bonds is 3. The van der Waals surface area contributed by atoms with Gasteiger partial charge < -0.3 is 0 Å². The minimum absolute atomic E-state index is 0.283. The normalized spacial score (nSPS) is 20.9. The molecule has 2 aliphatic rings. The van der Waals surface area contributed by atoms with Crippen LogP contribution in [0.15, 0.2) is 18.2 Å². The molecule has 0 saturated heterocycles. The fourth-order valence-corrected chi connectivity index (χ4v) is 3.45. The largest absolute Gasteiger partial charge is 0.294 e. The molecule has 0 N–H and O–H groups in total. The van der Waals surface area contributed by atoms with E-state index in [2.05, 4.69) is 0 Å². The molecule has 1 aromatic rings. The van der Waals surface area contributed by atoms with Crippen LogP contribution in [0.2, 0.25) is 5.02 Å². The zero-order valence-electron chi connectivity index (χ0n) is 10.6. The Morgan fingerprint density at radius 3 is 2.44 bits per heavy atom. The van der Waals surface area contributed by atoms with E-state index in [9.17, 15) is 4.79 Å². The van der Waals surface area contributed by atoms with Crippen LogP contribution >= 0.6 is 11.6 Å². The molecular weight excluding hydrogens is 244 g/mol. The minimum Gasteiger partial charge on any atom is -0.294 e. The van der Waals surface area contributed by atoms with Crippen LogP contribution in [0, 0.1) is 5.92 Å². The first-order chi connectivity index (χ1) is 8.77. The summed E-state index contributed by atoms with van der Waals surface area (Å²) in [6.07, 6.45) is 8.38. The second-order valence-corrected chi connectivity index (χ2v) is 6.08. The topological polar surface area (TPSA) is 17.1 Å². The Kier molecular flexibility index (Phi) is 3.43. The van der Waals surface area contributed by atoms with E-state index in [0.29, 0.717) is 11.7 Å². The Hall–Kier alpha value is -0.820. The Morgan fingerprint density at radius 1 is 1.06 bits per heavy atom. The van der Waals surface area contributed by atoms with Crippen molar-refractivity contribution >= 4 is 17.4 Å². The summed E-state index contributed by atoms with van der Waals surface area (Å²) in [5.41, 5.74) is 2.06. The molecule has 0 atom stereocenters. The first-order valence-electron chi connectivity index (χ1n) is 7.10. The Morgan fingerprint density at radius 2 is 1.78 bits per heavy atom. The van der Waals surface area contributed by atoms with Crippen molar-refractivity contribution in [1.82, 2.24) is 0 Å². The summed E-state index contributed by atoms with van der Waals surface area (Å²) < 4.78 is 0. The van der Waals surface area contributed by atoms with Crippen LogP contribution in [-0.2, 0) is 0 Å². The fourth-order valence-electron chi connectivity index (χ4n) is 3.12. The molecule has 0 aromatic heterocycles. The van der Waals surface area contributed by atoms with Crippen LogP contribution in [-0.4, -0.2) is 5.78 Å². The monoisotopic (exact) mass is 262 g/mol. The van der Waals surface area contributed by atoms with Gasteiger partial charge in [-0.3, -0.25) is 4.79 Å². The van der Waals surface area contributed by atoms with Crippen LogP contribution in [0.1, 0.15) is 66.8 Å². The molecule has 1 nitrogen and oxygen atoms in total. The Balaban J connectivity index is 1.96. The number of benzene rings is 1. The number of carbonyl (C=O) groups excluding carboxylic acids is 1. The second-order valence-electron chi connectivity index (χ2n) is 5.67. The van der Waals surface area contributed by atoms with E-state index < -0.39 is 0 Å². The molecule has 3 rings (SSSR count). The number of halogens is 1. The molecule has 0 unspecified atom stereocenters. The summed E-state index contributed by atoms with van der Waals surface area (Å²) in [6.45, 7) is 0. The maximum absolute atomic E-state index is 12.4. The maximum Gasteiger partial charge on any atom is 0.166 e. The van der Waals surface area contributed by atoms with Crippen molar-refractivity contribution in [1.29, 1.82) is 0 Å². The van der Waals surface area contributed by atoms with Gasteiger partial charge in [0.05, 0.1) is 0 Å². The Bertz CT molecular complexity index is 456. The molecule has 0 heterocycles. The lowest BCUT2D eigenvalue weighted by Gasteiger charge is -2.25. The molecule has 18 heavy (non-hydrogen) atoms. The van der Waals surface area contributed by atoms with E-state index in [1.54, 1.807) is 0 Å². The number of Topliss-reactive ketones (excluding diaryl/α,β-unsaturated/α-hetero) is 1. The predicted octanol–water partition coefficient (Wildman–Crippen LogP) is 4.98. The van der Waals surface area contributed by atoms with Crippen molar-refractivity contribution < 1.29 is 4.79 Å². The molecular formula is C16H19ClO. The van der Waals surface area contributed by atoms with Crippen molar-refractivity contribution in [2.45, 2.75) is 50.9 Å². The third-order valence-corrected chi connectivity index (χ3v) is 4.61. The molecule has 0 radical (unpaired) electrons. The van der Waals surface area contributed by atoms with Crippen LogP contribution in [0.5, 0.6) is 0 Å². The molecule has 96 valence electrons. The predicted molar refractivity (Wildman–Crippen MR) is 74.3 cm³/mol. The first kappa shape index (κ1) is 12.2. The highest BCUT2D eigenvalue weighted by molar-refractivity contribution is 6.32. The Labute approximate surface area is 114 Å². The highest BCUT2D eigenvalue weighted by Crippen LogP contribution is 2.41. The molecule has 2 saturated carbocycles. The lowest BCUT2D eigenvalue weighted by Crippen LogP contribution is -2.12. The third-order valence-electron chi connectivity index (χ3n) is 4.28. The van der Waals surface area contributed by atoms with Gasteiger partial charge in [0.1, 0.15) is 0 Å². The molecule has 0 aliphatic heterocycles. The number of hydrogen-bond donors (Lipinski definition) is 0. The van der Waals surface area contributed by atoms with E-state index in [-0.39, 0.29) is 5.92 Å². The summed E-state index contributed by atoms with van der Waals surface area (Å²) >= 11 is 6.38. The molecule has 0 amide bonds. The van der Waals surface area contributed by atoms with Gasteiger partial charge in [-0.2, -0.15) is 0 Å². The van der Waals surface area contributed by atoms with Gasteiger partial charge in [0.15, 0.2) is 5.78 Å². The number of carbonyl (C=O) groups is 1. The molecule has 0 spiro atoms. The van der Waals surface area contributed by atoms with E-state index >= 15 is 0 Å². The van der Waals surface area contributed by atoms with E-state index in [0.717, 1.165) is 29.0 Å². The summed E-state index contributed by atoms with van der Waals surface area (Å²) in [5.74, 6) is 1.12. The minimum atomic E-state index is 0.283. The first-order valence-corrected chi connectivity index (χ1v) is 7.48. The SMILES string of the molecule is O=C(c1cccc(Cl)c1C1CCCCC1)C1CC1. The quantitative estimate of drug-likeness (QED) is 0.702. The lowest BCUT2D eigenvalue weighted by molar-refractivity contribution is 0.0966. The van der Waals surface area contributed by atoms with Gasteiger partial charge in [0.2, 0.25) is 0 Å². The second kappa shape index (κ2) is 5.05. The van der Waals surface area contributed by atoms with Gasteiger partial charge in [-0.25, -0.2) is 0 Å². The number of hydrogen-bond acceptors (Lipinski definition) is 1. The van der Waals surface area contributed by atoms with Crippen molar-refractivity contribution in [3.8, 4) is 0 Å². The van der Waals surface area contributed by atoms with Gasteiger partial charge in [0.25, 0.3) is 0 Å².